The van der Waals surface area contributed by atoms with Gasteiger partial charge in [-0.1, -0.05) is 37.3 Å². The maximum atomic E-state index is 13.8. The van der Waals surface area contributed by atoms with Gasteiger partial charge < -0.3 is 9.47 Å². The molecule has 0 aliphatic carbocycles. The predicted octanol–water partition coefficient (Wildman–Crippen LogP) is 3.49. The molecule has 0 fully saturated rings. The molecule has 0 amide bonds. The normalized spacial score (nSPS) is 16.8. The summed E-state index contributed by atoms with van der Waals surface area (Å²) >= 11 is 0. The van der Waals surface area contributed by atoms with E-state index in [1.807, 2.05) is 36.4 Å². The van der Waals surface area contributed by atoms with Crippen LogP contribution in [0.2, 0.25) is 0 Å². The van der Waals surface area contributed by atoms with E-state index in [0.29, 0.717) is 25.3 Å². The molecule has 2 aromatic carbocycles. The second-order valence-electron chi connectivity index (χ2n) is 5.42. The van der Waals surface area contributed by atoms with Crippen LogP contribution in [0.15, 0.2) is 48.5 Å². The number of hydrogen-bond acceptors (Lipinski definition) is 3. The van der Waals surface area contributed by atoms with Crippen LogP contribution in [0.25, 0.3) is 0 Å². The molecule has 0 aromatic heterocycles. The number of rotatable bonds is 5. The summed E-state index contributed by atoms with van der Waals surface area (Å²) in [4.78, 5) is 2.17. The summed E-state index contributed by atoms with van der Waals surface area (Å²) in [6.07, 6.45) is -0.0402. The number of nitrogens with zero attached hydrogens (tertiary/aromatic N) is 1. The van der Waals surface area contributed by atoms with Gasteiger partial charge in [-0.25, -0.2) is 4.39 Å². The van der Waals surface area contributed by atoms with E-state index in [2.05, 4.69) is 11.8 Å². The molecule has 1 atom stereocenters. The van der Waals surface area contributed by atoms with Gasteiger partial charge in [0.15, 0.2) is 11.5 Å². The highest BCUT2D eigenvalue weighted by molar-refractivity contribution is 5.40. The lowest BCUT2D eigenvalue weighted by Crippen LogP contribution is -2.40. The molecule has 3 rings (SSSR count). The average Bonchev–Trinajstić information content (AvgIpc) is 2.56. The number of fused-ring (bicyclic) bond motifs is 1. The Hall–Kier alpha value is -2.07. The fourth-order valence-electron chi connectivity index (χ4n) is 2.61. The van der Waals surface area contributed by atoms with E-state index in [9.17, 15) is 4.39 Å². The van der Waals surface area contributed by atoms with Crippen LogP contribution in [0.5, 0.6) is 11.5 Å². The first kappa shape index (κ1) is 14.9. The molecular weight excluding hydrogens is 281 g/mol. The molecule has 1 aliphatic heterocycles. The minimum Gasteiger partial charge on any atom is -0.486 e. The fraction of sp³-hybridized carbons (Fsp3) is 0.333. The monoisotopic (exact) mass is 301 g/mol. The van der Waals surface area contributed by atoms with Crippen molar-refractivity contribution < 1.29 is 13.9 Å². The van der Waals surface area contributed by atoms with Crippen LogP contribution in [0, 0.1) is 5.82 Å². The topological polar surface area (TPSA) is 21.7 Å². The van der Waals surface area contributed by atoms with Gasteiger partial charge in [-0.05, 0) is 24.7 Å². The first-order valence-electron chi connectivity index (χ1n) is 7.60. The summed E-state index contributed by atoms with van der Waals surface area (Å²) in [6, 6.07) is 14.6. The van der Waals surface area contributed by atoms with Gasteiger partial charge in [0.25, 0.3) is 0 Å². The van der Waals surface area contributed by atoms with E-state index >= 15 is 0 Å². The predicted molar refractivity (Wildman–Crippen MR) is 83.7 cm³/mol. The van der Waals surface area contributed by atoms with Gasteiger partial charge in [-0.15, -0.1) is 0 Å². The highest BCUT2D eigenvalue weighted by Crippen LogP contribution is 2.31. The minimum absolute atomic E-state index is 0.0402. The summed E-state index contributed by atoms with van der Waals surface area (Å²) in [5.74, 6) is 1.41. The van der Waals surface area contributed by atoms with Crippen molar-refractivity contribution in [3.05, 3.63) is 59.9 Å². The Bertz CT molecular complexity index is 632. The van der Waals surface area contributed by atoms with Crippen molar-refractivity contribution in [1.29, 1.82) is 0 Å². The lowest BCUT2D eigenvalue weighted by molar-refractivity contribution is 0.0577. The van der Waals surface area contributed by atoms with E-state index < -0.39 is 0 Å². The Morgan fingerprint density at radius 1 is 1.09 bits per heavy atom. The van der Waals surface area contributed by atoms with Crippen molar-refractivity contribution in [2.75, 3.05) is 19.7 Å². The highest BCUT2D eigenvalue weighted by atomic mass is 19.1. The Kier molecular flexibility index (Phi) is 4.59. The molecule has 4 heteroatoms. The van der Waals surface area contributed by atoms with Gasteiger partial charge >= 0.3 is 0 Å². The summed E-state index contributed by atoms with van der Waals surface area (Å²) in [7, 11) is 0. The first-order chi connectivity index (χ1) is 10.8. The zero-order chi connectivity index (χ0) is 15.4. The van der Waals surface area contributed by atoms with Crippen molar-refractivity contribution in [3.8, 4) is 11.5 Å². The average molecular weight is 301 g/mol. The highest BCUT2D eigenvalue weighted by Gasteiger charge is 2.22. The third-order valence-corrected chi connectivity index (χ3v) is 3.83. The molecule has 0 saturated heterocycles. The fourth-order valence-corrected chi connectivity index (χ4v) is 2.61. The zero-order valence-corrected chi connectivity index (χ0v) is 12.7. The third-order valence-electron chi connectivity index (χ3n) is 3.83. The number of ether oxygens (including phenoxy) is 2. The second kappa shape index (κ2) is 6.79. The number of para-hydroxylation sites is 2. The van der Waals surface area contributed by atoms with Crippen LogP contribution in [0.3, 0.4) is 0 Å². The summed E-state index contributed by atoms with van der Waals surface area (Å²) in [5, 5.41) is 0. The van der Waals surface area contributed by atoms with Crippen LogP contribution in [0.1, 0.15) is 12.5 Å². The summed E-state index contributed by atoms with van der Waals surface area (Å²) in [5.41, 5.74) is 0.710. The molecule has 0 bridgehead atoms. The van der Waals surface area contributed by atoms with E-state index in [1.54, 1.807) is 6.07 Å². The zero-order valence-electron chi connectivity index (χ0n) is 12.7. The lowest BCUT2D eigenvalue weighted by Gasteiger charge is -2.30. The van der Waals surface area contributed by atoms with Crippen LogP contribution in [-0.2, 0) is 6.54 Å². The number of likely N-dealkylation sites (N-methyl/N-ethyl adjacent to an activating group) is 1. The molecule has 1 aliphatic rings. The molecule has 1 heterocycles. The Morgan fingerprint density at radius 2 is 1.82 bits per heavy atom. The molecule has 2 aromatic rings. The maximum Gasteiger partial charge on any atom is 0.161 e. The van der Waals surface area contributed by atoms with Gasteiger partial charge in [0.2, 0.25) is 0 Å². The molecule has 0 spiro atoms. The smallest absolute Gasteiger partial charge is 0.161 e. The number of benzene rings is 2. The standard InChI is InChI=1S/C18H20FNO2/c1-2-20(11-14-7-3-4-8-16(14)19)12-15-13-21-17-9-5-6-10-18(17)22-15/h3-10,15H,2,11-13H2,1H3. The Labute approximate surface area is 130 Å². The molecular formula is C18H20FNO2. The van der Waals surface area contributed by atoms with Gasteiger partial charge in [-0.2, -0.15) is 0 Å². The quantitative estimate of drug-likeness (QED) is 0.844. The van der Waals surface area contributed by atoms with E-state index in [1.165, 1.54) is 6.07 Å². The Balaban J connectivity index is 1.63. The summed E-state index contributed by atoms with van der Waals surface area (Å²) < 4.78 is 25.5. The lowest BCUT2D eigenvalue weighted by atomic mass is 10.2. The van der Waals surface area contributed by atoms with E-state index in [4.69, 9.17) is 9.47 Å². The number of hydrogen-bond donors (Lipinski definition) is 0. The second-order valence-corrected chi connectivity index (χ2v) is 5.42. The van der Waals surface area contributed by atoms with Gasteiger partial charge in [0.1, 0.15) is 18.5 Å². The van der Waals surface area contributed by atoms with Gasteiger partial charge in [0, 0.05) is 18.7 Å². The van der Waals surface area contributed by atoms with Crippen LogP contribution in [-0.4, -0.2) is 30.7 Å². The minimum atomic E-state index is -0.160. The van der Waals surface area contributed by atoms with E-state index in [0.717, 1.165) is 18.0 Å². The van der Waals surface area contributed by atoms with Crippen molar-refractivity contribution in [1.82, 2.24) is 4.90 Å². The van der Waals surface area contributed by atoms with Crippen LogP contribution < -0.4 is 9.47 Å². The molecule has 116 valence electrons. The van der Waals surface area contributed by atoms with Crippen molar-refractivity contribution >= 4 is 0 Å². The van der Waals surface area contributed by atoms with Gasteiger partial charge in [-0.3, -0.25) is 4.90 Å². The first-order valence-corrected chi connectivity index (χ1v) is 7.60. The van der Waals surface area contributed by atoms with Crippen LogP contribution >= 0.6 is 0 Å². The molecule has 1 unspecified atom stereocenters. The SMILES string of the molecule is CCN(Cc1ccccc1F)CC1COc2ccccc2O1. The van der Waals surface area contributed by atoms with Crippen molar-refractivity contribution in [2.24, 2.45) is 0 Å². The van der Waals surface area contributed by atoms with Crippen molar-refractivity contribution in [2.45, 2.75) is 19.6 Å². The van der Waals surface area contributed by atoms with Gasteiger partial charge in [0.05, 0.1) is 0 Å². The molecule has 0 radical (unpaired) electrons. The molecule has 3 nitrogen and oxygen atoms in total. The molecule has 0 saturated carbocycles. The number of halogens is 1. The Morgan fingerprint density at radius 3 is 2.59 bits per heavy atom. The maximum absolute atomic E-state index is 13.8. The summed E-state index contributed by atoms with van der Waals surface area (Å²) in [6.45, 7) is 4.70. The molecule has 22 heavy (non-hydrogen) atoms. The van der Waals surface area contributed by atoms with E-state index in [-0.39, 0.29) is 11.9 Å². The van der Waals surface area contributed by atoms with Crippen LogP contribution in [0.4, 0.5) is 4.39 Å². The largest absolute Gasteiger partial charge is 0.486 e. The molecule has 0 N–H and O–H groups in total. The van der Waals surface area contributed by atoms with Crippen molar-refractivity contribution in [3.63, 3.8) is 0 Å². The third kappa shape index (κ3) is 3.39.